The van der Waals surface area contributed by atoms with Crippen LogP contribution in [-0.4, -0.2) is 57.0 Å². The lowest BCUT2D eigenvalue weighted by Gasteiger charge is -2.63. The van der Waals surface area contributed by atoms with Gasteiger partial charge in [-0.2, -0.15) is 0 Å². The zero-order valence-corrected chi connectivity index (χ0v) is 16.9. The van der Waals surface area contributed by atoms with Crippen LogP contribution in [0.25, 0.3) is 0 Å². The highest BCUT2D eigenvalue weighted by Gasteiger charge is 2.76. The summed E-state index contributed by atoms with van der Waals surface area (Å²) < 4.78 is 32.1. The van der Waals surface area contributed by atoms with Gasteiger partial charge in [-0.25, -0.2) is 8.78 Å². The van der Waals surface area contributed by atoms with Crippen molar-refractivity contribution in [3.8, 4) is 0 Å². The van der Waals surface area contributed by atoms with Crippen LogP contribution in [0.15, 0.2) is 23.8 Å². The van der Waals surface area contributed by atoms with Crippen LogP contribution in [0.3, 0.4) is 0 Å². The molecule has 7 heteroatoms. The fraction of sp³-hybridized carbons (Fsp3) is 0.727. The van der Waals surface area contributed by atoms with Crippen molar-refractivity contribution in [1.82, 2.24) is 0 Å². The quantitative estimate of drug-likeness (QED) is 0.646. The maximum absolute atomic E-state index is 16.9. The summed E-state index contributed by atoms with van der Waals surface area (Å²) in [6, 6.07) is 0. The molecular formula is C22H28F2O5. The Morgan fingerprint density at radius 1 is 1.28 bits per heavy atom. The zero-order chi connectivity index (χ0) is 21.6. The molecule has 2 unspecified atom stereocenters. The number of ketones is 2. The predicted molar refractivity (Wildman–Crippen MR) is 100 cm³/mol. The predicted octanol–water partition coefficient (Wildman–Crippen LogP) is 1.84. The van der Waals surface area contributed by atoms with Gasteiger partial charge in [0.15, 0.2) is 17.2 Å². The number of halogens is 2. The Kier molecular flexibility index (Phi) is 4.34. The number of fused-ring (bicyclic) bond motifs is 5. The van der Waals surface area contributed by atoms with E-state index in [0.717, 1.165) is 6.08 Å². The largest absolute Gasteiger partial charge is 0.390 e. The van der Waals surface area contributed by atoms with Gasteiger partial charge in [0.2, 0.25) is 0 Å². The minimum atomic E-state index is -2.24. The van der Waals surface area contributed by atoms with E-state index in [1.54, 1.807) is 13.8 Å². The molecule has 0 aromatic carbocycles. The van der Waals surface area contributed by atoms with Crippen molar-refractivity contribution < 1.29 is 33.7 Å². The minimum absolute atomic E-state index is 0.0409. The maximum Gasteiger partial charge on any atom is 0.190 e. The van der Waals surface area contributed by atoms with Crippen molar-refractivity contribution in [2.24, 2.45) is 28.6 Å². The fourth-order valence-electron chi connectivity index (χ4n) is 7.25. The molecule has 0 spiro atoms. The third-order valence-electron chi connectivity index (χ3n) is 8.78. The lowest BCUT2D eigenvalue weighted by molar-refractivity contribution is -0.223. The Morgan fingerprint density at radius 2 is 1.93 bits per heavy atom. The molecule has 0 bridgehead atoms. The highest BCUT2D eigenvalue weighted by atomic mass is 19.1. The lowest BCUT2D eigenvalue weighted by atomic mass is 9.44. The number of Topliss-reactive ketones (excluding diaryl/α,β-unsaturated/α-hetero) is 1. The van der Waals surface area contributed by atoms with Gasteiger partial charge < -0.3 is 15.3 Å². The number of hydrogen-bond donors (Lipinski definition) is 3. The molecule has 3 N–H and O–H groups in total. The normalized spacial score (nSPS) is 53.7. The number of alkyl halides is 2. The summed E-state index contributed by atoms with van der Waals surface area (Å²) in [6.07, 6.45) is 0.427. The van der Waals surface area contributed by atoms with Gasteiger partial charge in [0.25, 0.3) is 0 Å². The van der Waals surface area contributed by atoms with E-state index in [-0.39, 0.29) is 24.8 Å². The summed E-state index contributed by atoms with van der Waals surface area (Å²) in [6.45, 7) is 3.96. The van der Waals surface area contributed by atoms with E-state index in [1.807, 2.05) is 0 Å². The van der Waals surface area contributed by atoms with E-state index < -0.39 is 70.3 Å². The molecule has 29 heavy (non-hydrogen) atoms. The molecule has 4 rings (SSSR count). The van der Waals surface area contributed by atoms with Crippen LogP contribution in [0.5, 0.6) is 0 Å². The van der Waals surface area contributed by atoms with Gasteiger partial charge in [0, 0.05) is 16.7 Å². The summed E-state index contributed by atoms with van der Waals surface area (Å²) in [4.78, 5) is 24.3. The van der Waals surface area contributed by atoms with Crippen LogP contribution < -0.4 is 0 Å². The van der Waals surface area contributed by atoms with E-state index in [9.17, 15) is 24.9 Å². The summed E-state index contributed by atoms with van der Waals surface area (Å²) in [5.41, 5.74) is -6.81. The molecule has 160 valence electrons. The molecule has 4 aliphatic rings. The van der Waals surface area contributed by atoms with Crippen molar-refractivity contribution in [3.63, 3.8) is 0 Å². The molecule has 0 aromatic rings. The monoisotopic (exact) mass is 410 g/mol. The van der Waals surface area contributed by atoms with Crippen molar-refractivity contribution in [1.29, 1.82) is 0 Å². The van der Waals surface area contributed by atoms with E-state index in [0.29, 0.717) is 0 Å². The number of carbonyl (C=O) groups excluding carboxylic acids is 2. The van der Waals surface area contributed by atoms with Crippen molar-refractivity contribution in [2.75, 3.05) is 6.61 Å². The highest BCUT2D eigenvalue weighted by Crippen LogP contribution is 2.70. The second kappa shape index (κ2) is 6.05. The van der Waals surface area contributed by atoms with Gasteiger partial charge in [-0.05, 0) is 55.7 Å². The molecule has 0 aromatic heterocycles. The first-order valence-electron chi connectivity index (χ1n) is 10.2. The van der Waals surface area contributed by atoms with Gasteiger partial charge >= 0.3 is 0 Å². The third kappa shape index (κ3) is 2.19. The van der Waals surface area contributed by atoms with Crippen LogP contribution in [0.4, 0.5) is 8.78 Å². The summed E-state index contributed by atoms with van der Waals surface area (Å²) in [5, 5.41) is 31.9. The Morgan fingerprint density at radius 3 is 2.55 bits per heavy atom. The third-order valence-corrected chi connectivity index (χ3v) is 8.78. The Hall–Kier alpha value is -1.44. The van der Waals surface area contributed by atoms with Gasteiger partial charge in [-0.3, -0.25) is 9.59 Å². The number of rotatable bonds is 2. The van der Waals surface area contributed by atoms with E-state index in [2.05, 4.69) is 0 Å². The molecule has 0 heterocycles. The Bertz CT molecular complexity index is 839. The molecule has 0 saturated heterocycles. The smallest absolute Gasteiger partial charge is 0.190 e. The van der Waals surface area contributed by atoms with Crippen molar-refractivity contribution >= 4 is 11.6 Å². The Labute approximate surface area is 168 Å². The van der Waals surface area contributed by atoms with E-state index in [1.165, 1.54) is 19.1 Å². The Balaban J connectivity index is 1.87. The summed E-state index contributed by atoms with van der Waals surface area (Å²) in [7, 11) is 0. The van der Waals surface area contributed by atoms with Crippen LogP contribution in [-0.2, 0) is 9.59 Å². The average molecular weight is 410 g/mol. The van der Waals surface area contributed by atoms with Gasteiger partial charge in [-0.1, -0.05) is 19.9 Å². The van der Waals surface area contributed by atoms with Crippen LogP contribution in [0.1, 0.15) is 40.0 Å². The fourth-order valence-corrected chi connectivity index (χ4v) is 7.25. The molecule has 3 fully saturated rings. The molecule has 0 amide bonds. The van der Waals surface area contributed by atoms with E-state index >= 15 is 8.78 Å². The highest BCUT2D eigenvalue weighted by molar-refractivity contribution is 6.01. The first-order valence-corrected chi connectivity index (χ1v) is 10.2. The molecule has 4 aliphatic carbocycles. The molecule has 5 nitrogen and oxygen atoms in total. The molecule has 0 aliphatic heterocycles. The average Bonchev–Trinajstić information content (AvgIpc) is 2.86. The molecule has 3 saturated carbocycles. The maximum atomic E-state index is 16.9. The van der Waals surface area contributed by atoms with Crippen LogP contribution in [0, 0.1) is 28.6 Å². The first kappa shape index (κ1) is 20.8. The van der Waals surface area contributed by atoms with Gasteiger partial charge in [0.05, 0.1) is 6.10 Å². The second-order valence-electron chi connectivity index (χ2n) is 9.84. The topological polar surface area (TPSA) is 94.8 Å². The van der Waals surface area contributed by atoms with Gasteiger partial charge in [-0.15, -0.1) is 0 Å². The van der Waals surface area contributed by atoms with Gasteiger partial charge in [0.1, 0.15) is 18.4 Å². The number of hydrogen-bond acceptors (Lipinski definition) is 5. The number of aliphatic hydroxyl groups excluding tert-OH is 2. The standard InChI is InChI=1S/C22H28F2O5/c1-11-6-13-14-8-16(23)15-7-12(26)4-5-19(15,2)21(14,24)17(27)9-20(13,3)22(11,29)18(28)10-25/h4-5,7,11,13-14,16-17,25,27,29H,6,8-10H2,1-3H3/t11-,13?,14?,16+,17+,19+,20+,21+,22+/m1/s1. The second-order valence-corrected chi connectivity index (χ2v) is 9.84. The summed E-state index contributed by atoms with van der Waals surface area (Å²) >= 11 is 0. The lowest BCUT2D eigenvalue weighted by Crippen LogP contribution is -2.70. The summed E-state index contributed by atoms with van der Waals surface area (Å²) in [5.74, 6) is -3.24. The molecular weight excluding hydrogens is 382 g/mol. The number of carbonyl (C=O) groups is 2. The van der Waals surface area contributed by atoms with Crippen LogP contribution >= 0.6 is 0 Å². The molecule has 9 atom stereocenters. The number of aliphatic hydroxyl groups is 3. The van der Waals surface area contributed by atoms with Crippen molar-refractivity contribution in [3.05, 3.63) is 23.8 Å². The first-order chi connectivity index (χ1) is 13.4. The minimum Gasteiger partial charge on any atom is -0.390 e. The van der Waals surface area contributed by atoms with Crippen LogP contribution in [0.2, 0.25) is 0 Å². The number of allylic oxidation sites excluding steroid dienone is 4. The van der Waals surface area contributed by atoms with E-state index in [4.69, 9.17) is 0 Å². The SMILES string of the molecule is C[C@@H]1CC2C3C[C@H](F)C4=CC(=O)C=C[C@]4(C)[C@@]3(F)[C@@H](O)C[C@]2(C)[C@@]1(O)C(=O)CO. The zero-order valence-electron chi connectivity index (χ0n) is 16.9. The van der Waals surface area contributed by atoms with Crippen molar-refractivity contribution in [2.45, 2.75) is 63.6 Å². The molecule has 0 radical (unpaired) electrons.